The highest BCUT2D eigenvalue weighted by Gasteiger charge is 2.39. The maximum Gasteiger partial charge on any atom is 0.224 e. The van der Waals surface area contributed by atoms with Gasteiger partial charge >= 0.3 is 0 Å². The number of likely N-dealkylation sites (N-methyl/N-ethyl adjacent to an activating group) is 1. The van der Waals surface area contributed by atoms with Crippen LogP contribution < -0.4 is 5.32 Å². The topological polar surface area (TPSA) is 45.2 Å². The number of likely N-dealkylation sites (tertiary alicyclic amines) is 1. The molecule has 0 unspecified atom stereocenters. The first-order valence-corrected chi connectivity index (χ1v) is 7.95. The zero-order chi connectivity index (χ0) is 18.1. The number of carbonyl (C=O) groups is 1. The van der Waals surface area contributed by atoms with E-state index < -0.39 is 23.5 Å². The summed E-state index contributed by atoms with van der Waals surface area (Å²) in [5.41, 5.74) is 1.15. The smallest absolute Gasteiger partial charge is 0.224 e. The minimum atomic E-state index is -0.947. The molecule has 2 heterocycles. The number of aromatic nitrogens is 1. The number of halogens is 3. The van der Waals surface area contributed by atoms with Crippen LogP contribution in [-0.4, -0.2) is 28.9 Å². The summed E-state index contributed by atoms with van der Waals surface area (Å²) in [7, 11) is 1.64. The molecule has 25 heavy (non-hydrogen) atoms. The highest BCUT2D eigenvalue weighted by atomic mass is 19.2. The molecule has 1 aromatic heterocycles. The third-order valence-corrected chi connectivity index (χ3v) is 4.53. The number of nitrogens with one attached hydrogen (secondary N) is 1. The Labute approximate surface area is 143 Å². The van der Waals surface area contributed by atoms with Gasteiger partial charge in [-0.3, -0.25) is 9.78 Å². The summed E-state index contributed by atoms with van der Waals surface area (Å²) in [5, 5.41) is 3.29. The van der Waals surface area contributed by atoms with E-state index in [2.05, 4.69) is 10.3 Å². The van der Waals surface area contributed by atoms with Gasteiger partial charge in [0.2, 0.25) is 5.91 Å². The standard InChI is InChI=1S/C18H18F3N3O/c1-10(15-6-4-12(19)9-22-15)23-16-8-17(25)24(2)18(16)11-3-5-13(20)14(21)7-11/h3-7,9-10,16,18,23H,8H2,1-2H3/t10-,16-,18+/m0/s1. The monoisotopic (exact) mass is 349 g/mol. The largest absolute Gasteiger partial charge is 0.337 e. The van der Waals surface area contributed by atoms with Crippen LogP contribution in [0.3, 0.4) is 0 Å². The average Bonchev–Trinajstić information content (AvgIpc) is 2.85. The molecule has 0 aliphatic carbocycles. The van der Waals surface area contributed by atoms with Gasteiger partial charge in [0.25, 0.3) is 0 Å². The fourth-order valence-corrected chi connectivity index (χ4v) is 3.22. The Bertz CT molecular complexity index is 782. The summed E-state index contributed by atoms with van der Waals surface area (Å²) in [6, 6.07) is 5.58. The minimum absolute atomic E-state index is 0.0912. The van der Waals surface area contributed by atoms with Crippen LogP contribution in [0.5, 0.6) is 0 Å². The molecule has 2 aromatic rings. The van der Waals surface area contributed by atoms with Gasteiger partial charge in [-0.25, -0.2) is 13.2 Å². The lowest BCUT2D eigenvalue weighted by Gasteiger charge is -2.28. The number of carbonyl (C=O) groups excluding carboxylic acids is 1. The predicted octanol–water partition coefficient (Wildman–Crippen LogP) is 3.12. The van der Waals surface area contributed by atoms with Crippen molar-refractivity contribution in [3.05, 3.63) is 65.2 Å². The van der Waals surface area contributed by atoms with Crippen LogP contribution >= 0.6 is 0 Å². The molecule has 132 valence electrons. The molecule has 1 N–H and O–H groups in total. The van der Waals surface area contributed by atoms with Gasteiger partial charge in [0.05, 0.1) is 17.9 Å². The van der Waals surface area contributed by atoms with Crippen LogP contribution in [0.25, 0.3) is 0 Å². The maximum absolute atomic E-state index is 13.6. The normalized spacial score (nSPS) is 21.6. The van der Waals surface area contributed by atoms with E-state index in [1.54, 1.807) is 13.1 Å². The van der Waals surface area contributed by atoms with Gasteiger partial charge < -0.3 is 10.2 Å². The van der Waals surface area contributed by atoms with Gasteiger partial charge in [0, 0.05) is 25.6 Å². The quantitative estimate of drug-likeness (QED) is 0.922. The zero-order valence-corrected chi connectivity index (χ0v) is 13.8. The Kier molecular flexibility index (Phi) is 4.76. The molecule has 0 radical (unpaired) electrons. The lowest BCUT2D eigenvalue weighted by molar-refractivity contribution is -0.127. The maximum atomic E-state index is 13.6. The molecule has 7 heteroatoms. The van der Waals surface area contributed by atoms with E-state index in [1.165, 1.54) is 17.0 Å². The molecule has 4 nitrogen and oxygen atoms in total. The molecule has 1 amide bonds. The van der Waals surface area contributed by atoms with E-state index in [1.807, 2.05) is 6.92 Å². The molecule has 1 aromatic carbocycles. The van der Waals surface area contributed by atoms with Crippen LogP contribution in [0.15, 0.2) is 36.5 Å². The molecule has 1 aliphatic heterocycles. The molecule has 0 saturated carbocycles. The first-order chi connectivity index (χ1) is 11.9. The number of rotatable bonds is 4. The van der Waals surface area contributed by atoms with E-state index in [0.717, 1.165) is 18.3 Å². The second kappa shape index (κ2) is 6.84. The molecular formula is C18H18F3N3O. The number of benzene rings is 1. The second-order valence-corrected chi connectivity index (χ2v) is 6.22. The van der Waals surface area contributed by atoms with Crippen molar-refractivity contribution >= 4 is 5.91 Å². The molecule has 1 aliphatic rings. The van der Waals surface area contributed by atoms with E-state index in [-0.39, 0.29) is 24.4 Å². The lowest BCUT2D eigenvalue weighted by atomic mass is 9.98. The van der Waals surface area contributed by atoms with Gasteiger partial charge in [-0.05, 0) is 36.8 Å². The third kappa shape index (κ3) is 3.51. The number of pyridine rings is 1. The van der Waals surface area contributed by atoms with Crippen molar-refractivity contribution < 1.29 is 18.0 Å². The van der Waals surface area contributed by atoms with E-state index in [9.17, 15) is 18.0 Å². The van der Waals surface area contributed by atoms with Crippen molar-refractivity contribution in [2.45, 2.75) is 31.5 Å². The summed E-state index contributed by atoms with van der Waals surface area (Å²) in [4.78, 5) is 17.7. The minimum Gasteiger partial charge on any atom is -0.337 e. The summed E-state index contributed by atoms with van der Waals surface area (Å²) in [6.45, 7) is 1.85. The van der Waals surface area contributed by atoms with Gasteiger partial charge in [0.15, 0.2) is 11.6 Å². The molecule has 1 saturated heterocycles. The van der Waals surface area contributed by atoms with Gasteiger partial charge in [-0.2, -0.15) is 0 Å². The van der Waals surface area contributed by atoms with Gasteiger partial charge in [-0.1, -0.05) is 6.07 Å². The average molecular weight is 349 g/mol. The summed E-state index contributed by atoms with van der Waals surface area (Å²) < 4.78 is 39.8. The second-order valence-electron chi connectivity index (χ2n) is 6.22. The van der Waals surface area contributed by atoms with Crippen molar-refractivity contribution in [1.29, 1.82) is 0 Å². The Hall–Kier alpha value is -2.41. The van der Waals surface area contributed by atoms with Crippen molar-refractivity contribution in [1.82, 2.24) is 15.2 Å². The van der Waals surface area contributed by atoms with Crippen molar-refractivity contribution in [3.8, 4) is 0 Å². The molecule has 0 bridgehead atoms. The van der Waals surface area contributed by atoms with Crippen molar-refractivity contribution in [2.75, 3.05) is 7.05 Å². The van der Waals surface area contributed by atoms with Crippen LogP contribution in [0.1, 0.15) is 36.7 Å². The number of hydrogen-bond acceptors (Lipinski definition) is 3. The fraction of sp³-hybridized carbons (Fsp3) is 0.333. The van der Waals surface area contributed by atoms with Crippen LogP contribution in [0.4, 0.5) is 13.2 Å². The first-order valence-electron chi connectivity index (χ1n) is 7.95. The molecule has 3 rings (SSSR count). The van der Waals surface area contributed by atoms with Crippen LogP contribution in [0.2, 0.25) is 0 Å². The highest BCUT2D eigenvalue weighted by Crippen LogP contribution is 2.33. The summed E-state index contributed by atoms with van der Waals surface area (Å²) in [5.74, 6) is -2.39. The number of nitrogens with zero attached hydrogens (tertiary/aromatic N) is 2. The molecule has 3 atom stereocenters. The highest BCUT2D eigenvalue weighted by molar-refractivity contribution is 5.80. The lowest BCUT2D eigenvalue weighted by Crippen LogP contribution is -2.37. The third-order valence-electron chi connectivity index (χ3n) is 4.53. The van der Waals surface area contributed by atoms with E-state index in [4.69, 9.17) is 0 Å². The van der Waals surface area contributed by atoms with Crippen molar-refractivity contribution in [2.24, 2.45) is 0 Å². The Morgan fingerprint density at radius 1 is 1.20 bits per heavy atom. The van der Waals surface area contributed by atoms with E-state index >= 15 is 0 Å². The summed E-state index contributed by atoms with van der Waals surface area (Å²) >= 11 is 0. The molecule has 1 fully saturated rings. The van der Waals surface area contributed by atoms with Gasteiger partial charge in [0.1, 0.15) is 5.82 Å². The molecule has 0 spiro atoms. The Morgan fingerprint density at radius 3 is 2.60 bits per heavy atom. The first kappa shape index (κ1) is 17.4. The molecular weight excluding hydrogens is 331 g/mol. The fourth-order valence-electron chi connectivity index (χ4n) is 3.22. The van der Waals surface area contributed by atoms with Crippen LogP contribution in [-0.2, 0) is 4.79 Å². The van der Waals surface area contributed by atoms with Gasteiger partial charge in [-0.15, -0.1) is 0 Å². The van der Waals surface area contributed by atoms with E-state index in [0.29, 0.717) is 11.3 Å². The summed E-state index contributed by atoms with van der Waals surface area (Å²) in [6.07, 6.45) is 1.36. The van der Waals surface area contributed by atoms with Crippen LogP contribution in [0, 0.1) is 17.5 Å². The number of hydrogen-bond donors (Lipinski definition) is 1. The SMILES string of the molecule is C[C@H](N[C@H]1CC(=O)N(C)[C@@H]1c1ccc(F)c(F)c1)c1ccc(F)cn1. The Balaban J connectivity index is 1.84. The predicted molar refractivity (Wildman–Crippen MR) is 86.0 cm³/mol. The number of amides is 1. The zero-order valence-electron chi connectivity index (χ0n) is 13.8. The Morgan fingerprint density at radius 2 is 1.96 bits per heavy atom. The van der Waals surface area contributed by atoms with Crippen molar-refractivity contribution in [3.63, 3.8) is 0 Å².